The van der Waals surface area contributed by atoms with Crippen LogP contribution in [-0.2, 0) is 6.54 Å². The Morgan fingerprint density at radius 3 is 2.94 bits per heavy atom. The molecule has 1 aliphatic rings. The largest absolute Gasteiger partial charge is 0.305 e. The second kappa shape index (κ2) is 6.13. The molecule has 1 aromatic rings. The molecule has 0 bridgehead atoms. The van der Waals surface area contributed by atoms with E-state index < -0.39 is 0 Å². The Morgan fingerprint density at radius 1 is 1.44 bits per heavy atom. The standard InChI is InChI=1S/C14H20BrFN2/c1-17(2)12-6-4-8-18(10-12)9-11-5-3-7-13(16)14(11)15/h3,5,7,12H,4,6,8-10H2,1-2H3. The van der Waals surface area contributed by atoms with Crippen LogP contribution in [-0.4, -0.2) is 43.0 Å². The van der Waals surface area contributed by atoms with E-state index in [9.17, 15) is 4.39 Å². The second-order valence-electron chi connectivity index (χ2n) is 5.21. The van der Waals surface area contributed by atoms with Crippen molar-refractivity contribution in [3.63, 3.8) is 0 Å². The van der Waals surface area contributed by atoms with Crippen LogP contribution in [0.2, 0.25) is 0 Å². The molecule has 1 aromatic carbocycles. The van der Waals surface area contributed by atoms with Crippen molar-refractivity contribution >= 4 is 15.9 Å². The fourth-order valence-corrected chi connectivity index (χ4v) is 2.90. The highest BCUT2D eigenvalue weighted by atomic mass is 79.9. The zero-order valence-electron chi connectivity index (χ0n) is 11.0. The summed E-state index contributed by atoms with van der Waals surface area (Å²) in [6.07, 6.45) is 2.48. The molecule has 2 rings (SSSR count). The van der Waals surface area contributed by atoms with Crippen molar-refractivity contribution in [3.05, 3.63) is 34.1 Å². The Hall–Kier alpha value is -0.450. The fraction of sp³-hybridized carbons (Fsp3) is 0.571. The molecule has 100 valence electrons. The Balaban J connectivity index is 2.03. The average molecular weight is 315 g/mol. The maximum atomic E-state index is 13.5. The van der Waals surface area contributed by atoms with Gasteiger partial charge in [0, 0.05) is 19.1 Å². The number of hydrogen-bond acceptors (Lipinski definition) is 2. The van der Waals surface area contributed by atoms with Crippen molar-refractivity contribution in [3.8, 4) is 0 Å². The van der Waals surface area contributed by atoms with Crippen LogP contribution in [0.15, 0.2) is 22.7 Å². The normalized spacial score (nSPS) is 21.5. The SMILES string of the molecule is CN(C)C1CCCN(Cc2cccc(F)c2Br)C1. The number of piperidine rings is 1. The maximum Gasteiger partial charge on any atom is 0.137 e. The molecule has 0 saturated carbocycles. The molecule has 1 heterocycles. The van der Waals surface area contributed by atoms with Crippen molar-refractivity contribution < 1.29 is 4.39 Å². The van der Waals surface area contributed by atoms with Crippen molar-refractivity contribution in [1.82, 2.24) is 9.80 Å². The van der Waals surface area contributed by atoms with E-state index in [1.165, 1.54) is 18.9 Å². The van der Waals surface area contributed by atoms with Crippen LogP contribution in [0.5, 0.6) is 0 Å². The summed E-state index contributed by atoms with van der Waals surface area (Å²) in [5, 5.41) is 0. The molecular weight excluding hydrogens is 295 g/mol. The third kappa shape index (κ3) is 3.31. The van der Waals surface area contributed by atoms with Crippen LogP contribution in [0, 0.1) is 5.82 Å². The van der Waals surface area contributed by atoms with E-state index >= 15 is 0 Å². The fourth-order valence-electron chi connectivity index (χ4n) is 2.51. The van der Waals surface area contributed by atoms with Crippen LogP contribution >= 0.6 is 15.9 Å². The molecular formula is C14H20BrFN2. The number of rotatable bonds is 3. The van der Waals surface area contributed by atoms with Gasteiger partial charge in [-0.3, -0.25) is 4.90 Å². The first-order chi connectivity index (χ1) is 8.58. The van der Waals surface area contributed by atoms with Gasteiger partial charge in [-0.2, -0.15) is 0 Å². The molecule has 0 aliphatic carbocycles. The van der Waals surface area contributed by atoms with Gasteiger partial charge in [-0.25, -0.2) is 4.39 Å². The summed E-state index contributed by atoms with van der Waals surface area (Å²) in [4.78, 5) is 4.69. The van der Waals surface area contributed by atoms with E-state index in [1.54, 1.807) is 6.07 Å². The molecule has 0 amide bonds. The van der Waals surface area contributed by atoms with Gasteiger partial charge in [0.05, 0.1) is 4.47 Å². The van der Waals surface area contributed by atoms with Crippen molar-refractivity contribution in [1.29, 1.82) is 0 Å². The number of hydrogen-bond donors (Lipinski definition) is 0. The van der Waals surface area contributed by atoms with Gasteiger partial charge in [0.2, 0.25) is 0 Å². The smallest absolute Gasteiger partial charge is 0.137 e. The molecule has 2 nitrogen and oxygen atoms in total. The molecule has 0 radical (unpaired) electrons. The average Bonchev–Trinajstić information content (AvgIpc) is 2.35. The summed E-state index contributed by atoms with van der Waals surface area (Å²) in [6.45, 7) is 2.99. The lowest BCUT2D eigenvalue weighted by atomic mass is 10.0. The Kier molecular flexibility index (Phi) is 4.76. The van der Waals surface area contributed by atoms with E-state index in [0.717, 1.165) is 25.2 Å². The number of likely N-dealkylation sites (N-methyl/N-ethyl adjacent to an activating group) is 1. The third-order valence-corrected chi connectivity index (χ3v) is 4.52. The summed E-state index contributed by atoms with van der Waals surface area (Å²) in [6, 6.07) is 5.88. The van der Waals surface area contributed by atoms with Crippen LogP contribution in [0.1, 0.15) is 18.4 Å². The van der Waals surface area contributed by atoms with Gasteiger partial charge in [-0.1, -0.05) is 12.1 Å². The third-order valence-electron chi connectivity index (χ3n) is 3.64. The molecule has 1 saturated heterocycles. The minimum absolute atomic E-state index is 0.173. The molecule has 1 fully saturated rings. The molecule has 1 atom stereocenters. The summed E-state index contributed by atoms with van der Waals surface area (Å²) in [5.74, 6) is -0.173. The number of halogens is 2. The lowest BCUT2D eigenvalue weighted by molar-refractivity contribution is 0.127. The topological polar surface area (TPSA) is 6.48 Å². The van der Waals surface area contributed by atoms with Gasteiger partial charge in [-0.05, 0) is 61.0 Å². The molecule has 4 heteroatoms. The van der Waals surface area contributed by atoms with E-state index in [0.29, 0.717) is 10.5 Å². The Labute approximate surface area is 117 Å². The number of benzene rings is 1. The zero-order valence-corrected chi connectivity index (χ0v) is 12.6. The number of nitrogens with zero attached hydrogens (tertiary/aromatic N) is 2. The highest BCUT2D eigenvalue weighted by molar-refractivity contribution is 9.10. The molecule has 0 N–H and O–H groups in total. The van der Waals surface area contributed by atoms with E-state index in [4.69, 9.17) is 0 Å². The summed E-state index contributed by atoms with van der Waals surface area (Å²) in [5.41, 5.74) is 1.04. The molecule has 1 aliphatic heterocycles. The van der Waals surface area contributed by atoms with Crippen LogP contribution in [0.4, 0.5) is 4.39 Å². The van der Waals surface area contributed by atoms with Gasteiger partial charge >= 0.3 is 0 Å². The highest BCUT2D eigenvalue weighted by Crippen LogP contribution is 2.23. The summed E-state index contributed by atoms with van der Waals surface area (Å²) in [7, 11) is 4.26. The zero-order chi connectivity index (χ0) is 13.1. The van der Waals surface area contributed by atoms with Crippen molar-refractivity contribution in [2.75, 3.05) is 27.2 Å². The first-order valence-corrected chi connectivity index (χ1v) is 7.19. The summed E-state index contributed by atoms with van der Waals surface area (Å²) < 4.78 is 14.1. The predicted molar refractivity (Wildman–Crippen MR) is 76.1 cm³/mol. The van der Waals surface area contributed by atoms with Crippen LogP contribution < -0.4 is 0 Å². The predicted octanol–water partition coefficient (Wildman–Crippen LogP) is 3.11. The molecule has 0 aromatic heterocycles. The first kappa shape index (κ1) is 14.0. The van der Waals surface area contributed by atoms with Gasteiger partial charge in [0.25, 0.3) is 0 Å². The maximum absolute atomic E-state index is 13.5. The van der Waals surface area contributed by atoms with E-state index in [2.05, 4.69) is 39.8 Å². The Morgan fingerprint density at radius 2 is 2.22 bits per heavy atom. The van der Waals surface area contributed by atoms with Crippen molar-refractivity contribution in [2.24, 2.45) is 0 Å². The monoisotopic (exact) mass is 314 g/mol. The van der Waals surface area contributed by atoms with Crippen LogP contribution in [0.3, 0.4) is 0 Å². The number of likely N-dealkylation sites (tertiary alicyclic amines) is 1. The minimum Gasteiger partial charge on any atom is -0.305 e. The molecule has 1 unspecified atom stereocenters. The second-order valence-corrected chi connectivity index (χ2v) is 6.00. The molecule has 18 heavy (non-hydrogen) atoms. The quantitative estimate of drug-likeness (QED) is 0.846. The van der Waals surface area contributed by atoms with E-state index in [1.807, 2.05) is 6.07 Å². The van der Waals surface area contributed by atoms with E-state index in [-0.39, 0.29) is 5.82 Å². The molecule has 0 spiro atoms. The first-order valence-electron chi connectivity index (χ1n) is 6.39. The van der Waals surface area contributed by atoms with Gasteiger partial charge in [0.1, 0.15) is 5.82 Å². The van der Waals surface area contributed by atoms with Gasteiger partial charge in [0.15, 0.2) is 0 Å². The lowest BCUT2D eigenvalue weighted by Crippen LogP contribution is -2.44. The van der Waals surface area contributed by atoms with Gasteiger partial charge in [-0.15, -0.1) is 0 Å². The lowest BCUT2D eigenvalue weighted by Gasteiger charge is -2.36. The van der Waals surface area contributed by atoms with Crippen molar-refractivity contribution in [2.45, 2.75) is 25.4 Å². The Bertz CT molecular complexity index is 409. The minimum atomic E-state index is -0.173. The summed E-state index contributed by atoms with van der Waals surface area (Å²) >= 11 is 3.34. The van der Waals surface area contributed by atoms with Crippen LogP contribution in [0.25, 0.3) is 0 Å². The highest BCUT2D eigenvalue weighted by Gasteiger charge is 2.22. The van der Waals surface area contributed by atoms with Gasteiger partial charge < -0.3 is 4.90 Å².